The first-order valence-electron chi connectivity index (χ1n) is 6.38. The van der Waals surface area contributed by atoms with Gasteiger partial charge in [-0.1, -0.05) is 24.3 Å². The maximum atomic E-state index is 14.0. The summed E-state index contributed by atoms with van der Waals surface area (Å²) >= 11 is 4.33. The molecule has 3 N–H and O–H groups in total. The molecule has 0 unspecified atom stereocenters. The zero-order chi connectivity index (χ0) is 15.4. The van der Waals surface area contributed by atoms with Crippen LogP contribution in [0.5, 0.6) is 0 Å². The molecule has 0 bridgehead atoms. The van der Waals surface area contributed by atoms with Gasteiger partial charge in [-0.15, -0.1) is 12.6 Å². The second-order valence-corrected chi connectivity index (χ2v) is 4.77. The van der Waals surface area contributed by atoms with Crippen molar-refractivity contribution in [3.8, 4) is 11.1 Å². The lowest BCUT2D eigenvalue weighted by molar-refractivity contribution is 0.511. The third-order valence-corrected chi connectivity index (χ3v) is 3.24. The van der Waals surface area contributed by atoms with Crippen LogP contribution in [0.3, 0.4) is 0 Å². The first-order valence-corrected chi connectivity index (χ1v) is 6.82. The molecule has 0 aliphatic rings. The van der Waals surface area contributed by atoms with Crippen LogP contribution >= 0.6 is 12.6 Å². The van der Waals surface area contributed by atoms with E-state index in [1.165, 1.54) is 12.1 Å². The van der Waals surface area contributed by atoms with Crippen LogP contribution in [-0.2, 0) is 0 Å². The Bertz CT molecular complexity index is 687. The SMILES string of the molecule is CCN=C(N)Nc1c(S)cccc1-c1cccc(F)c1F. The Morgan fingerprint density at radius 3 is 2.57 bits per heavy atom. The highest BCUT2D eigenvalue weighted by atomic mass is 32.1. The van der Waals surface area contributed by atoms with Gasteiger partial charge in [0, 0.05) is 22.6 Å². The number of halogens is 2. The van der Waals surface area contributed by atoms with Gasteiger partial charge in [-0.25, -0.2) is 8.78 Å². The lowest BCUT2D eigenvalue weighted by Gasteiger charge is -2.14. The molecule has 0 radical (unpaired) electrons. The number of hydrogen-bond donors (Lipinski definition) is 3. The lowest BCUT2D eigenvalue weighted by atomic mass is 10.0. The molecule has 2 rings (SSSR count). The molecule has 0 fully saturated rings. The number of hydrogen-bond acceptors (Lipinski definition) is 2. The number of anilines is 1. The standard InChI is InChI=1S/C15H15F2N3S/c1-2-19-15(18)20-14-10(6-4-8-12(14)21)9-5-3-7-11(16)13(9)17/h3-8,21H,2H2,1H3,(H3,18,19,20). The minimum absolute atomic E-state index is 0.137. The van der Waals surface area contributed by atoms with Crippen molar-refractivity contribution in [2.24, 2.45) is 10.7 Å². The van der Waals surface area contributed by atoms with Crippen LogP contribution < -0.4 is 11.1 Å². The summed E-state index contributed by atoms with van der Waals surface area (Å²) in [7, 11) is 0. The van der Waals surface area contributed by atoms with Crippen molar-refractivity contribution >= 4 is 24.3 Å². The van der Waals surface area contributed by atoms with Gasteiger partial charge in [-0.05, 0) is 19.1 Å². The van der Waals surface area contributed by atoms with Gasteiger partial charge in [0.05, 0.1) is 5.69 Å². The smallest absolute Gasteiger partial charge is 0.193 e. The monoisotopic (exact) mass is 307 g/mol. The number of nitrogens with one attached hydrogen (secondary N) is 1. The van der Waals surface area contributed by atoms with Gasteiger partial charge in [0.1, 0.15) is 0 Å². The number of aliphatic imine (C=N–C) groups is 1. The van der Waals surface area contributed by atoms with Gasteiger partial charge in [0.15, 0.2) is 17.6 Å². The molecule has 0 atom stereocenters. The van der Waals surface area contributed by atoms with E-state index in [-0.39, 0.29) is 11.5 Å². The summed E-state index contributed by atoms with van der Waals surface area (Å²) in [6.07, 6.45) is 0. The van der Waals surface area contributed by atoms with Crippen molar-refractivity contribution in [2.75, 3.05) is 11.9 Å². The quantitative estimate of drug-likeness (QED) is 0.460. The van der Waals surface area contributed by atoms with Crippen LogP contribution in [0.25, 0.3) is 11.1 Å². The van der Waals surface area contributed by atoms with Crippen LogP contribution in [0.4, 0.5) is 14.5 Å². The van der Waals surface area contributed by atoms with E-state index < -0.39 is 11.6 Å². The van der Waals surface area contributed by atoms with Gasteiger partial charge in [0.2, 0.25) is 0 Å². The topological polar surface area (TPSA) is 50.4 Å². The van der Waals surface area contributed by atoms with Crippen molar-refractivity contribution in [1.29, 1.82) is 0 Å². The van der Waals surface area contributed by atoms with Crippen molar-refractivity contribution in [1.82, 2.24) is 0 Å². The predicted octanol–water partition coefficient (Wildman–Crippen LogP) is 3.67. The van der Waals surface area contributed by atoms with Crippen molar-refractivity contribution < 1.29 is 8.78 Å². The molecule has 2 aromatic carbocycles. The van der Waals surface area contributed by atoms with Gasteiger partial charge in [-0.3, -0.25) is 4.99 Å². The summed E-state index contributed by atoms with van der Waals surface area (Å²) in [5.74, 6) is -1.62. The Morgan fingerprint density at radius 2 is 1.86 bits per heavy atom. The fourth-order valence-electron chi connectivity index (χ4n) is 1.95. The maximum Gasteiger partial charge on any atom is 0.193 e. The predicted molar refractivity (Wildman–Crippen MR) is 84.8 cm³/mol. The second-order valence-electron chi connectivity index (χ2n) is 4.29. The van der Waals surface area contributed by atoms with Gasteiger partial charge >= 0.3 is 0 Å². The van der Waals surface area contributed by atoms with Crippen LogP contribution in [0.2, 0.25) is 0 Å². The van der Waals surface area contributed by atoms with Crippen molar-refractivity contribution in [2.45, 2.75) is 11.8 Å². The zero-order valence-corrected chi connectivity index (χ0v) is 12.3. The number of nitrogens with zero attached hydrogens (tertiary/aromatic N) is 1. The summed E-state index contributed by atoms with van der Waals surface area (Å²) in [5.41, 5.74) is 6.83. The minimum Gasteiger partial charge on any atom is -0.370 e. The first-order chi connectivity index (χ1) is 10.0. The normalized spacial score (nSPS) is 11.5. The van der Waals surface area contributed by atoms with Crippen LogP contribution in [0, 0.1) is 11.6 Å². The van der Waals surface area contributed by atoms with E-state index in [1.54, 1.807) is 18.2 Å². The van der Waals surface area contributed by atoms with Crippen LogP contribution in [-0.4, -0.2) is 12.5 Å². The maximum absolute atomic E-state index is 14.0. The van der Waals surface area contributed by atoms with E-state index in [0.29, 0.717) is 22.7 Å². The Kier molecular flexibility index (Phi) is 4.80. The molecule has 0 saturated heterocycles. The largest absolute Gasteiger partial charge is 0.370 e. The molecule has 0 heterocycles. The Morgan fingerprint density at radius 1 is 1.19 bits per heavy atom. The Balaban J connectivity index is 2.57. The summed E-state index contributed by atoms with van der Waals surface area (Å²) in [4.78, 5) is 4.58. The number of para-hydroxylation sites is 1. The van der Waals surface area contributed by atoms with E-state index in [1.807, 2.05) is 6.92 Å². The first kappa shape index (κ1) is 15.3. The van der Waals surface area contributed by atoms with Crippen LogP contribution in [0.1, 0.15) is 6.92 Å². The van der Waals surface area contributed by atoms with Gasteiger partial charge < -0.3 is 11.1 Å². The number of thiol groups is 1. The highest BCUT2D eigenvalue weighted by molar-refractivity contribution is 7.80. The van der Waals surface area contributed by atoms with E-state index >= 15 is 0 Å². The molecular formula is C15H15F2N3S. The lowest BCUT2D eigenvalue weighted by Crippen LogP contribution is -2.23. The van der Waals surface area contributed by atoms with Crippen LogP contribution in [0.15, 0.2) is 46.3 Å². The van der Waals surface area contributed by atoms with E-state index in [2.05, 4.69) is 22.9 Å². The summed E-state index contributed by atoms with van der Waals surface area (Å²) in [6.45, 7) is 2.35. The Hall–Kier alpha value is -2.08. The number of guanidine groups is 1. The number of benzene rings is 2. The number of nitrogens with two attached hydrogens (primary N) is 1. The van der Waals surface area contributed by atoms with Gasteiger partial charge in [-0.2, -0.15) is 0 Å². The molecule has 3 nitrogen and oxygen atoms in total. The number of rotatable bonds is 3. The molecule has 0 amide bonds. The molecule has 21 heavy (non-hydrogen) atoms. The summed E-state index contributed by atoms with van der Waals surface area (Å²) in [5, 5.41) is 2.89. The van der Waals surface area contributed by atoms with E-state index in [0.717, 1.165) is 6.07 Å². The molecule has 110 valence electrons. The molecule has 0 aliphatic heterocycles. The van der Waals surface area contributed by atoms with Crippen molar-refractivity contribution in [3.63, 3.8) is 0 Å². The third-order valence-electron chi connectivity index (χ3n) is 2.87. The molecule has 0 aliphatic carbocycles. The Labute approximate surface area is 127 Å². The fourth-order valence-corrected chi connectivity index (χ4v) is 2.21. The fraction of sp³-hybridized carbons (Fsp3) is 0.133. The molecule has 0 saturated carbocycles. The average Bonchev–Trinajstić information content (AvgIpc) is 2.45. The van der Waals surface area contributed by atoms with Crippen molar-refractivity contribution in [3.05, 3.63) is 48.0 Å². The molecular weight excluding hydrogens is 292 g/mol. The highest BCUT2D eigenvalue weighted by Crippen LogP contribution is 2.34. The summed E-state index contributed by atoms with van der Waals surface area (Å²) < 4.78 is 27.4. The second kappa shape index (κ2) is 6.58. The zero-order valence-electron chi connectivity index (χ0n) is 11.4. The minimum atomic E-state index is -0.912. The average molecular weight is 307 g/mol. The highest BCUT2D eigenvalue weighted by Gasteiger charge is 2.15. The third kappa shape index (κ3) is 3.33. The van der Waals surface area contributed by atoms with E-state index in [9.17, 15) is 8.78 Å². The molecule has 0 aromatic heterocycles. The summed E-state index contributed by atoms with van der Waals surface area (Å²) in [6, 6.07) is 9.12. The van der Waals surface area contributed by atoms with Gasteiger partial charge in [0.25, 0.3) is 0 Å². The molecule has 2 aromatic rings. The molecule has 0 spiro atoms. The van der Waals surface area contributed by atoms with E-state index in [4.69, 9.17) is 5.73 Å². The molecule has 6 heteroatoms.